The average Bonchev–Trinajstić information content (AvgIpc) is 3.04. The molecule has 1 heterocycles. The molecule has 2 aromatic rings. The Bertz CT molecular complexity index is 1470. The minimum absolute atomic E-state index is 0.000776. The Kier molecular flexibility index (Phi) is 13.9. The summed E-state index contributed by atoms with van der Waals surface area (Å²) in [6.07, 6.45) is -5.37. The van der Waals surface area contributed by atoms with Crippen LogP contribution in [0.3, 0.4) is 0 Å². The number of alkyl halides is 3. The minimum atomic E-state index is -4.46. The van der Waals surface area contributed by atoms with Gasteiger partial charge < -0.3 is 29.1 Å². The Morgan fingerprint density at radius 3 is 2.48 bits per heavy atom. The second-order valence-electron chi connectivity index (χ2n) is 12.2. The highest BCUT2D eigenvalue weighted by atomic mass is 32.2. The number of benzene rings is 2. The molecule has 0 bridgehead atoms. The van der Waals surface area contributed by atoms with Crippen molar-refractivity contribution >= 4 is 27.5 Å². The fourth-order valence-corrected chi connectivity index (χ4v) is 6.28. The van der Waals surface area contributed by atoms with Crippen LogP contribution in [0.4, 0.5) is 18.9 Å². The summed E-state index contributed by atoms with van der Waals surface area (Å²) in [6.45, 7) is 5.28. The molecule has 2 amide bonds. The lowest BCUT2D eigenvalue weighted by molar-refractivity contribution is -0.149. The van der Waals surface area contributed by atoms with Gasteiger partial charge in [0.1, 0.15) is 11.5 Å². The quantitative estimate of drug-likeness (QED) is 0.350. The van der Waals surface area contributed by atoms with Crippen LogP contribution in [0.15, 0.2) is 47.4 Å². The first-order chi connectivity index (χ1) is 22.5. The molecule has 3 rings (SSSR count). The molecule has 2 N–H and O–H groups in total. The highest BCUT2D eigenvalue weighted by molar-refractivity contribution is 7.92. The number of likely N-dealkylation sites (N-methyl/N-ethyl adjacent to an activating group) is 1. The number of halogens is 3. The van der Waals surface area contributed by atoms with Crippen LogP contribution in [0.5, 0.6) is 11.5 Å². The molecular weight excluding hydrogens is 655 g/mol. The fraction of sp³-hybridized carbons (Fsp3) is 0.576. The van der Waals surface area contributed by atoms with Gasteiger partial charge in [-0.15, -0.1) is 0 Å². The maximum absolute atomic E-state index is 14.3. The lowest BCUT2D eigenvalue weighted by Gasteiger charge is -2.36. The fourth-order valence-electron chi connectivity index (χ4n) is 5.23. The summed E-state index contributed by atoms with van der Waals surface area (Å²) >= 11 is 0. The Hall–Kier alpha value is -3.56. The van der Waals surface area contributed by atoms with Crippen molar-refractivity contribution in [3.63, 3.8) is 0 Å². The number of carbonyl (C=O) groups excluding carboxylic acids is 2. The van der Waals surface area contributed by atoms with Crippen LogP contribution in [0, 0.1) is 5.92 Å². The number of hydrogen-bond acceptors (Lipinski definition) is 8. The van der Waals surface area contributed by atoms with E-state index in [0.29, 0.717) is 31.6 Å². The number of hydrogen-bond donors (Lipinski definition) is 2. The highest BCUT2D eigenvalue weighted by Gasteiger charge is 2.32. The van der Waals surface area contributed by atoms with Gasteiger partial charge >= 0.3 is 6.18 Å². The summed E-state index contributed by atoms with van der Waals surface area (Å²) in [6, 6.07) is 9.54. The van der Waals surface area contributed by atoms with Gasteiger partial charge in [-0.1, -0.05) is 6.92 Å². The van der Waals surface area contributed by atoms with E-state index in [-0.39, 0.29) is 41.1 Å². The van der Waals surface area contributed by atoms with Gasteiger partial charge in [0.2, 0.25) is 5.91 Å². The van der Waals surface area contributed by atoms with E-state index in [9.17, 15) is 36.3 Å². The standard InChI is InChI=1S/C33H46F3N3O8S/c1-22-19-39(23(2)21-40)32(42)28-18-25(37-48(43,44)27-12-10-26(45-5)11-13-27)9-14-29(28)47-24(3)8-6-7-17-46-30(22)20-38(4)31(41)15-16-33(34,35)36/h9-14,18,22-24,30,37,40H,6-8,15-17,19-21H2,1-5H3/t22-,23+,24+,30+/m0/s1. The molecule has 0 aliphatic carbocycles. The maximum Gasteiger partial charge on any atom is 0.389 e. The number of anilines is 1. The van der Waals surface area contributed by atoms with E-state index in [1.54, 1.807) is 13.8 Å². The predicted octanol–water partition coefficient (Wildman–Crippen LogP) is 5.09. The van der Waals surface area contributed by atoms with Gasteiger partial charge in [0.05, 0.1) is 48.8 Å². The summed E-state index contributed by atoms with van der Waals surface area (Å²) in [7, 11) is -1.16. The van der Waals surface area contributed by atoms with Crippen molar-refractivity contribution < 1.29 is 50.5 Å². The zero-order valence-corrected chi connectivity index (χ0v) is 28.8. The van der Waals surface area contributed by atoms with Crippen LogP contribution < -0.4 is 14.2 Å². The third-order valence-electron chi connectivity index (χ3n) is 8.18. The first kappa shape index (κ1) is 38.9. The van der Waals surface area contributed by atoms with Crippen molar-refractivity contribution in [1.82, 2.24) is 9.80 Å². The second-order valence-corrected chi connectivity index (χ2v) is 13.9. The maximum atomic E-state index is 14.3. The van der Waals surface area contributed by atoms with Crippen LogP contribution in [0.2, 0.25) is 0 Å². The molecule has 1 aliphatic heterocycles. The molecule has 4 atom stereocenters. The molecule has 0 radical (unpaired) electrons. The SMILES string of the molecule is COc1ccc(S(=O)(=O)Nc2ccc3c(c2)C(=O)N([C@H](C)CO)C[C@H](C)[C@@H](CN(C)C(=O)CCC(F)(F)F)OCCCC[C@@H](C)O3)cc1. The normalized spacial score (nSPS) is 20.6. The number of methoxy groups -OCH3 is 1. The van der Waals surface area contributed by atoms with Crippen LogP contribution >= 0.6 is 0 Å². The van der Waals surface area contributed by atoms with Gasteiger partial charge in [-0.25, -0.2) is 8.42 Å². The summed E-state index contributed by atoms with van der Waals surface area (Å²) in [5.41, 5.74) is 0.179. The smallest absolute Gasteiger partial charge is 0.389 e. The molecule has 0 spiro atoms. The van der Waals surface area contributed by atoms with E-state index in [2.05, 4.69) is 4.72 Å². The van der Waals surface area contributed by atoms with Gasteiger partial charge in [0, 0.05) is 44.8 Å². The molecule has 0 saturated heterocycles. The molecule has 0 unspecified atom stereocenters. The van der Waals surface area contributed by atoms with Crippen molar-refractivity contribution in [2.45, 2.75) is 82.2 Å². The molecule has 0 saturated carbocycles. The van der Waals surface area contributed by atoms with E-state index in [4.69, 9.17) is 14.2 Å². The van der Waals surface area contributed by atoms with Crippen LogP contribution in [-0.2, 0) is 19.6 Å². The van der Waals surface area contributed by atoms with Gasteiger partial charge in [-0.05, 0) is 75.6 Å². The number of carbonyl (C=O) groups is 2. The molecule has 15 heteroatoms. The van der Waals surface area contributed by atoms with Gasteiger partial charge in [0.15, 0.2) is 0 Å². The predicted molar refractivity (Wildman–Crippen MR) is 174 cm³/mol. The number of amides is 2. The molecule has 268 valence electrons. The molecular formula is C33H46F3N3O8S. The number of aliphatic hydroxyl groups is 1. The first-order valence-corrected chi connectivity index (χ1v) is 17.3. The summed E-state index contributed by atoms with van der Waals surface area (Å²) in [4.78, 5) is 29.4. The van der Waals surface area contributed by atoms with E-state index < -0.39 is 65.5 Å². The first-order valence-electron chi connectivity index (χ1n) is 15.9. The van der Waals surface area contributed by atoms with E-state index in [1.807, 2.05) is 6.92 Å². The second kappa shape index (κ2) is 17.2. The number of ether oxygens (including phenoxy) is 3. The van der Waals surface area contributed by atoms with Crippen molar-refractivity contribution in [3.8, 4) is 11.5 Å². The number of aliphatic hydroxyl groups excluding tert-OH is 1. The largest absolute Gasteiger partial charge is 0.497 e. The molecule has 2 aromatic carbocycles. The lowest BCUT2D eigenvalue weighted by atomic mass is 10.0. The Morgan fingerprint density at radius 2 is 1.85 bits per heavy atom. The monoisotopic (exact) mass is 701 g/mol. The topological polar surface area (TPSA) is 135 Å². The van der Waals surface area contributed by atoms with Crippen molar-refractivity contribution in [2.75, 3.05) is 45.2 Å². The molecule has 0 fully saturated rings. The highest BCUT2D eigenvalue weighted by Crippen LogP contribution is 2.30. The third kappa shape index (κ3) is 11.3. The Labute approximate surface area is 280 Å². The lowest BCUT2D eigenvalue weighted by Crippen LogP contribution is -2.48. The number of nitrogens with zero attached hydrogens (tertiary/aromatic N) is 2. The van der Waals surface area contributed by atoms with Crippen molar-refractivity contribution in [2.24, 2.45) is 5.92 Å². The van der Waals surface area contributed by atoms with E-state index >= 15 is 0 Å². The average molecular weight is 702 g/mol. The van der Waals surface area contributed by atoms with Crippen LogP contribution in [0.1, 0.15) is 63.2 Å². The van der Waals surface area contributed by atoms with Gasteiger partial charge in [0.25, 0.3) is 15.9 Å². The molecule has 48 heavy (non-hydrogen) atoms. The molecule has 0 aromatic heterocycles. The van der Waals surface area contributed by atoms with E-state index in [1.165, 1.54) is 66.4 Å². The summed E-state index contributed by atoms with van der Waals surface area (Å²) in [5, 5.41) is 10.1. The van der Waals surface area contributed by atoms with Gasteiger partial charge in [-0.3, -0.25) is 14.3 Å². The summed E-state index contributed by atoms with van der Waals surface area (Å²) < 4.78 is 84.6. The number of sulfonamides is 1. The number of nitrogens with one attached hydrogen (secondary N) is 1. The van der Waals surface area contributed by atoms with Gasteiger partial charge in [-0.2, -0.15) is 13.2 Å². The van der Waals surface area contributed by atoms with Crippen molar-refractivity contribution in [3.05, 3.63) is 48.0 Å². The molecule has 11 nitrogen and oxygen atoms in total. The van der Waals surface area contributed by atoms with E-state index in [0.717, 1.165) is 0 Å². The number of rotatable bonds is 10. The zero-order valence-electron chi connectivity index (χ0n) is 28.0. The van der Waals surface area contributed by atoms with Crippen LogP contribution in [0.25, 0.3) is 0 Å². The summed E-state index contributed by atoms with van der Waals surface area (Å²) in [5.74, 6) is -0.923. The Morgan fingerprint density at radius 1 is 1.17 bits per heavy atom. The van der Waals surface area contributed by atoms with Crippen LogP contribution in [-0.4, -0.2) is 100 Å². The number of fused-ring (bicyclic) bond motifs is 1. The Balaban J connectivity index is 1.95. The minimum Gasteiger partial charge on any atom is -0.497 e. The van der Waals surface area contributed by atoms with Crippen molar-refractivity contribution in [1.29, 1.82) is 0 Å². The third-order valence-corrected chi connectivity index (χ3v) is 9.57. The molecule has 1 aliphatic rings. The zero-order chi connectivity index (χ0) is 35.6.